The van der Waals surface area contributed by atoms with E-state index in [0.717, 1.165) is 77.7 Å². The molecule has 0 bridgehead atoms. The Hall–Kier alpha value is -8.14. The molecule has 3 heteroatoms. The van der Waals surface area contributed by atoms with Crippen molar-refractivity contribution in [2.45, 2.75) is 0 Å². The Bertz CT molecular complexity index is 3570. The van der Waals surface area contributed by atoms with Gasteiger partial charge in [-0.05, 0) is 105 Å². The molecule has 0 fully saturated rings. The Morgan fingerprint density at radius 1 is 0.328 bits per heavy atom. The van der Waals surface area contributed by atoms with Gasteiger partial charge in [0.1, 0.15) is 11.2 Å². The van der Waals surface area contributed by atoms with Crippen molar-refractivity contribution in [1.29, 1.82) is 0 Å². The lowest BCUT2D eigenvalue weighted by atomic mass is 9.91. The van der Waals surface area contributed by atoms with E-state index >= 15 is 0 Å². The Morgan fingerprint density at radius 3 is 1.74 bits per heavy atom. The van der Waals surface area contributed by atoms with Gasteiger partial charge in [0.2, 0.25) is 0 Å². The molecule has 12 rings (SSSR count). The molecule has 61 heavy (non-hydrogen) atoms. The monoisotopic (exact) mass is 778 g/mol. The molecule has 0 radical (unpaired) electrons. The predicted octanol–water partition coefficient (Wildman–Crippen LogP) is 16.3. The first-order valence-corrected chi connectivity index (χ1v) is 20.8. The van der Waals surface area contributed by atoms with Gasteiger partial charge in [-0.1, -0.05) is 164 Å². The van der Waals surface area contributed by atoms with E-state index in [-0.39, 0.29) is 0 Å². The van der Waals surface area contributed by atoms with Crippen LogP contribution < -0.4 is 4.90 Å². The zero-order valence-electron chi connectivity index (χ0n) is 33.2. The largest absolute Gasteiger partial charge is 0.456 e. The zero-order valence-corrected chi connectivity index (χ0v) is 33.2. The minimum Gasteiger partial charge on any atom is -0.456 e. The van der Waals surface area contributed by atoms with Crippen LogP contribution in [0.3, 0.4) is 0 Å². The predicted molar refractivity (Wildman–Crippen MR) is 257 cm³/mol. The minimum atomic E-state index is 0.878. The summed E-state index contributed by atoms with van der Waals surface area (Å²) in [6.45, 7) is 0. The highest BCUT2D eigenvalue weighted by atomic mass is 16.3. The molecule has 0 saturated heterocycles. The standard InChI is InChI=1S/C58H38N2O/c1-4-17-39(18-5-1)40-31-33-43(34-32-40)59(52-27-13-10-23-45(52)41-19-6-2-7-20-41)44-35-36-47-50(37-44)51(38-56-58(47)49-25-12-15-30-55(49)61-56)46-26-16-29-54-57(46)48-24-11-14-28-53(48)60(54)42-21-8-3-9-22-42/h1-38H. The lowest BCUT2D eigenvalue weighted by molar-refractivity contribution is 0.669. The Kier molecular flexibility index (Phi) is 8.17. The summed E-state index contributed by atoms with van der Waals surface area (Å²) in [5, 5.41) is 6.98. The number of furan rings is 1. The van der Waals surface area contributed by atoms with Gasteiger partial charge in [0.25, 0.3) is 0 Å². The van der Waals surface area contributed by atoms with Gasteiger partial charge in [-0.3, -0.25) is 0 Å². The third-order valence-electron chi connectivity index (χ3n) is 12.2. The summed E-state index contributed by atoms with van der Waals surface area (Å²) in [6.07, 6.45) is 0. The van der Waals surface area contributed by atoms with Gasteiger partial charge < -0.3 is 13.9 Å². The highest BCUT2D eigenvalue weighted by Crippen LogP contribution is 2.48. The number of fused-ring (bicyclic) bond motifs is 8. The van der Waals surface area contributed by atoms with Crippen molar-refractivity contribution in [2.24, 2.45) is 0 Å². The second kappa shape index (κ2) is 14.3. The van der Waals surface area contributed by atoms with Crippen LogP contribution >= 0.6 is 0 Å². The summed E-state index contributed by atoms with van der Waals surface area (Å²) in [4.78, 5) is 2.42. The molecular weight excluding hydrogens is 741 g/mol. The van der Waals surface area contributed by atoms with Crippen molar-refractivity contribution in [3.8, 4) is 39.1 Å². The molecule has 0 N–H and O–H groups in total. The van der Waals surface area contributed by atoms with Crippen LogP contribution in [0.1, 0.15) is 0 Å². The maximum atomic E-state index is 6.71. The Morgan fingerprint density at radius 2 is 0.934 bits per heavy atom. The average molecular weight is 779 g/mol. The van der Waals surface area contributed by atoms with Crippen LogP contribution in [-0.2, 0) is 0 Å². The van der Waals surface area contributed by atoms with Gasteiger partial charge >= 0.3 is 0 Å². The van der Waals surface area contributed by atoms with Crippen LogP contribution in [0.5, 0.6) is 0 Å². The van der Waals surface area contributed by atoms with Gasteiger partial charge in [-0.2, -0.15) is 0 Å². The summed E-state index contributed by atoms with van der Waals surface area (Å²) >= 11 is 0. The van der Waals surface area contributed by atoms with E-state index in [1.165, 1.54) is 33.0 Å². The molecule has 0 aliphatic carbocycles. The molecule has 10 aromatic carbocycles. The van der Waals surface area contributed by atoms with Crippen LogP contribution in [0.15, 0.2) is 235 Å². The molecule has 286 valence electrons. The first-order valence-electron chi connectivity index (χ1n) is 20.8. The van der Waals surface area contributed by atoms with E-state index < -0.39 is 0 Å². The van der Waals surface area contributed by atoms with Crippen molar-refractivity contribution in [3.05, 3.63) is 231 Å². The number of aromatic nitrogens is 1. The molecule has 0 saturated carbocycles. The van der Waals surface area contributed by atoms with Gasteiger partial charge in [0.15, 0.2) is 0 Å². The van der Waals surface area contributed by atoms with E-state index in [0.29, 0.717) is 0 Å². The van der Waals surface area contributed by atoms with Crippen molar-refractivity contribution < 1.29 is 4.42 Å². The van der Waals surface area contributed by atoms with E-state index in [9.17, 15) is 0 Å². The number of rotatable bonds is 7. The fourth-order valence-corrected chi connectivity index (χ4v) is 9.48. The van der Waals surface area contributed by atoms with Crippen molar-refractivity contribution in [3.63, 3.8) is 0 Å². The number of hydrogen-bond donors (Lipinski definition) is 0. The van der Waals surface area contributed by atoms with E-state index in [1.807, 2.05) is 0 Å². The third kappa shape index (κ3) is 5.74. The molecule has 2 heterocycles. The highest BCUT2D eigenvalue weighted by molar-refractivity contribution is 6.25. The quantitative estimate of drug-likeness (QED) is 0.161. The SMILES string of the molecule is c1ccc(-c2ccc(N(c3ccc4c(c3)c(-c3cccc5c3c3ccccc3n5-c3ccccc3)cc3oc5ccccc5c34)c3ccccc3-c3ccccc3)cc2)cc1. The minimum absolute atomic E-state index is 0.878. The second-order valence-electron chi connectivity index (χ2n) is 15.6. The lowest BCUT2D eigenvalue weighted by Crippen LogP contribution is -2.11. The number of benzene rings is 10. The lowest BCUT2D eigenvalue weighted by Gasteiger charge is -2.28. The highest BCUT2D eigenvalue weighted by Gasteiger charge is 2.23. The van der Waals surface area contributed by atoms with Crippen LogP contribution in [0.4, 0.5) is 17.1 Å². The summed E-state index contributed by atoms with van der Waals surface area (Å²) in [7, 11) is 0. The van der Waals surface area contributed by atoms with Crippen molar-refractivity contribution in [2.75, 3.05) is 4.90 Å². The number of hydrogen-bond acceptors (Lipinski definition) is 2. The smallest absolute Gasteiger partial charge is 0.136 e. The molecule has 2 aromatic heterocycles. The van der Waals surface area contributed by atoms with Crippen molar-refractivity contribution >= 4 is 71.6 Å². The molecule has 0 unspecified atom stereocenters. The summed E-state index contributed by atoms with van der Waals surface area (Å²) in [6, 6.07) is 82.9. The van der Waals surface area contributed by atoms with Gasteiger partial charge in [-0.25, -0.2) is 0 Å². The van der Waals surface area contributed by atoms with Crippen LogP contribution in [0.2, 0.25) is 0 Å². The van der Waals surface area contributed by atoms with Crippen LogP contribution in [0.25, 0.3) is 93.6 Å². The second-order valence-corrected chi connectivity index (χ2v) is 15.6. The molecule has 12 aromatic rings. The molecule has 3 nitrogen and oxygen atoms in total. The molecular formula is C58H38N2O. The van der Waals surface area contributed by atoms with Gasteiger partial charge in [-0.15, -0.1) is 0 Å². The normalized spacial score (nSPS) is 11.6. The molecule has 0 aliphatic heterocycles. The molecule has 0 aliphatic rings. The third-order valence-corrected chi connectivity index (χ3v) is 12.2. The first kappa shape index (κ1) is 34.9. The molecule has 0 amide bonds. The van der Waals surface area contributed by atoms with E-state index in [4.69, 9.17) is 4.42 Å². The Balaban J connectivity index is 1.16. The fourth-order valence-electron chi connectivity index (χ4n) is 9.48. The van der Waals surface area contributed by atoms with Gasteiger partial charge in [0.05, 0.1) is 16.7 Å². The Labute approximate surface area is 353 Å². The molecule has 0 spiro atoms. The number of nitrogens with zero attached hydrogens (tertiary/aromatic N) is 2. The summed E-state index contributed by atoms with van der Waals surface area (Å²) in [5.41, 5.74) is 15.5. The molecule has 0 atom stereocenters. The number of anilines is 3. The number of para-hydroxylation sites is 4. The van der Waals surface area contributed by atoms with Crippen LogP contribution in [-0.4, -0.2) is 4.57 Å². The average Bonchev–Trinajstić information content (AvgIpc) is 3.89. The summed E-state index contributed by atoms with van der Waals surface area (Å²) in [5.74, 6) is 0. The maximum Gasteiger partial charge on any atom is 0.136 e. The summed E-state index contributed by atoms with van der Waals surface area (Å²) < 4.78 is 9.10. The maximum absolute atomic E-state index is 6.71. The van der Waals surface area contributed by atoms with E-state index in [1.54, 1.807) is 0 Å². The van der Waals surface area contributed by atoms with Crippen LogP contribution in [0, 0.1) is 0 Å². The fraction of sp³-hybridized carbons (Fsp3) is 0. The first-order chi connectivity index (χ1) is 30.3. The van der Waals surface area contributed by atoms with Gasteiger partial charge in [0, 0.05) is 44.2 Å². The van der Waals surface area contributed by atoms with Crippen molar-refractivity contribution in [1.82, 2.24) is 4.57 Å². The topological polar surface area (TPSA) is 21.3 Å². The van der Waals surface area contributed by atoms with E-state index in [2.05, 4.69) is 240 Å². The zero-order chi connectivity index (χ0) is 40.3.